The molecule has 0 aliphatic heterocycles. The third-order valence-electron chi connectivity index (χ3n) is 3.37. The maximum Gasteiger partial charge on any atom is 0.252 e. The Hall–Kier alpha value is -0.350. The Balaban J connectivity index is 2.07. The number of rotatable bonds is 2. The molecule has 1 aromatic rings. The number of carbonyl (C=O) groups is 1. The molecule has 2 nitrogen and oxygen atoms in total. The highest BCUT2D eigenvalue weighted by molar-refractivity contribution is 9.10. The highest BCUT2D eigenvalue weighted by atomic mass is 79.9. The van der Waals surface area contributed by atoms with Crippen LogP contribution in [-0.4, -0.2) is 16.8 Å². The topological polar surface area (TPSA) is 29.1 Å². The molecule has 0 saturated heterocycles. The van der Waals surface area contributed by atoms with Crippen molar-refractivity contribution in [3.05, 3.63) is 33.8 Å². The molecular weight excluding hydrogens is 358 g/mol. The van der Waals surface area contributed by atoms with Crippen molar-refractivity contribution in [3.63, 3.8) is 0 Å². The van der Waals surface area contributed by atoms with Gasteiger partial charge in [0.25, 0.3) is 5.91 Å². The van der Waals surface area contributed by atoms with Gasteiger partial charge in [-0.3, -0.25) is 4.79 Å². The molecule has 18 heavy (non-hydrogen) atoms. The van der Waals surface area contributed by atoms with Gasteiger partial charge in [0.2, 0.25) is 0 Å². The van der Waals surface area contributed by atoms with E-state index in [2.05, 4.69) is 37.2 Å². The van der Waals surface area contributed by atoms with Crippen molar-refractivity contribution in [3.8, 4) is 0 Å². The molecular formula is C14H17Br2NO. The summed E-state index contributed by atoms with van der Waals surface area (Å²) in [5.41, 5.74) is 1.86. The van der Waals surface area contributed by atoms with E-state index in [-0.39, 0.29) is 11.9 Å². The molecule has 98 valence electrons. The zero-order chi connectivity index (χ0) is 13.1. The molecule has 0 spiro atoms. The second-order valence-electron chi connectivity index (χ2n) is 4.86. The number of aryl methyl sites for hydroxylation is 1. The summed E-state index contributed by atoms with van der Waals surface area (Å²) in [6, 6.07) is 6.06. The highest BCUT2D eigenvalue weighted by Crippen LogP contribution is 2.25. The number of carbonyl (C=O) groups excluding carboxylic acids is 1. The van der Waals surface area contributed by atoms with Gasteiger partial charge in [0, 0.05) is 15.3 Å². The first-order chi connectivity index (χ1) is 8.58. The molecule has 0 bridgehead atoms. The summed E-state index contributed by atoms with van der Waals surface area (Å²) in [7, 11) is 0. The Morgan fingerprint density at radius 2 is 2.06 bits per heavy atom. The first-order valence-corrected chi connectivity index (χ1v) is 8.00. The molecule has 2 unspecified atom stereocenters. The monoisotopic (exact) mass is 373 g/mol. The van der Waals surface area contributed by atoms with E-state index in [0.717, 1.165) is 22.9 Å². The Bertz CT molecular complexity index is 447. The van der Waals surface area contributed by atoms with Gasteiger partial charge in [-0.1, -0.05) is 34.8 Å². The van der Waals surface area contributed by atoms with Gasteiger partial charge < -0.3 is 5.32 Å². The van der Waals surface area contributed by atoms with Gasteiger partial charge >= 0.3 is 0 Å². The third-order valence-corrected chi connectivity index (χ3v) is 5.12. The average Bonchev–Trinajstić information content (AvgIpc) is 2.32. The fourth-order valence-corrected chi connectivity index (χ4v) is 3.69. The van der Waals surface area contributed by atoms with Crippen LogP contribution in [0.2, 0.25) is 0 Å². The minimum absolute atomic E-state index is 0.0122. The number of alkyl halides is 1. The SMILES string of the molecule is Cc1ccc(C(=O)NC2CCCCC2Br)c(Br)c1. The van der Waals surface area contributed by atoms with Crippen LogP contribution >= 0.6 is 31.9 Å². The van der Waals surface area contributed by atoms with E-state index in [1.165, 1.54) is 12.8 Å². The Kier molecular flexibility index (Phi) is 4.84. The molecule has 1 N–H and O–H groups in total. The van der Waals surface area contributed by atoms with E-state index < -0.39 is 0 Å². The summed E-state index contributed by atoms with van der Waals surface area (Å²) >= 11 is 7.11. The molecule has 1 amide bonds. The van der Waals surface area contributed by atoms with Crippen LogP contribution < -0.4 is 5.32 Å². The van der Waals surface area contributed by atoms with Crippen molar-refractivity contribution >= 4 is 37.8 Å². The zero-order valence-electron chi connectivity index (χ0n) is 10.4. The molecule has 1 aromatic carbocycles. The summed E-state index contributed by atoms with van der Waals surface area (Å²) in [4.78, 5) is 12.6. The minimum Gasteiger partial charge on any atom is -0.348 e. The molecule has 1 saturated carbocycles. The smallest absolute Gasteiger partial charge is 0.252 e. The molecule has 0 radical (unpaired) electrons. The first-order valence-electron chi connectivity index (χ1n) is 6.29. The van der Waals surface area contributed by atoms with Crippen molar-refractivity contribution in [1.82, 2.24) is 5.32 Å². The lowest BCUT2D eigenvalue weighted by Gasteiger charge is -2.28. The zero-order valence-corrected chi connectivity index (χ0v) is 13.6. The predicted octanol–water partition coefficient (Wildman–Crippen LogP) is 4.19. The van der Waals surface area contributed by atoms with E-state index in [1.54, 1.807) is 0 Å². The molecule has 0 aromatic heterocycles. The molecule has 2 rings (SSSR count). The van der Waals surface area contributed by atoms with Crippen molar-refractivity contribution in [2.75, 3.05) is 0 Å². The van der Waals surface area contributed by atoms with Gasteiger partial charge in [-0.15, -0.1) is 0 Å². The third kappa shape index (κ3) is 3.35. The number of nitrogens with one attached hydrogen (secondary N) is 1. The fraction of sp³-hybridized carbons (Fsp3) is 0.500. The maximum atomic E-state index is 12.2. The van der Waals surface area contributed by atoms with Gasteiger partial charge in [-0.05, 0) is 53.4 Å². The van der Waals surface area contributed by atoms with Crippen LogP contribution in [0.4, 0.5) is 0 Å². The lowest BCUT2D eigenvalue weighted by atomic mass is 9.95. The van der Waals surface area contributed by atoms with Crippen molar-refractivity contribution in [2.24, 2.45) is 0 Å². The number of amides is 1. The van der Waals surface area contributed by atoms with Crippen molar-refractivity contribution in [1.29, 1.82) is 0 Å². The molecule has 1 aliphatic carbocycles. The van der Waals surface area contributed by atoms with E-state index in [4.69, 9.17) is 0 Å². The number of benzene rings is 1. The van der Waals surface area contributed by atoms with Crippen LogP contribution in [0.25, 0.3) is 0 Å². The van der Waals surface area contributed by atoms with Crippen LogP contribution in [-0.2, 0) is 0 Å². The molecule has 4 heteroatoms. The second-order valence-corrected chi connectivity index (χ2v) is 6.89. The van der Waals surface area contributed by atoms with Crippen molar-refractivity contribution < 1.29 is 4.79 Å². The number of hydrogen-bond donors (Lipinski definition) is 1. The molecule has 0 heterocycles. The predicted molar refractivity (Wildman–Crippen MR) is 81.3 cm³/mol. The van der Waals surface area contributed by atoms with Gasteiger partial charge in [-0.25, -0.2) is 0 Å². The van der Waals surface area contributed by atoms with Crippen LogP contribution in [0.5, 0.6) is 0 Å². The number of halogens is 2. The summed E-state index contributed by atoms with van der Waals surface area (Å²) < 4.78 is 0.863. The molecule has 1 fully saturated rings. The fourth-order valence-electron chi connectivity index (χ4n) is 2.30. The normalized spacial score (nSPS) is 23.7. The number of hydrogen-bond acceptors (Lipinski definition) is 1. The maximum absolute atomic E-state index is 12.2. The van der Waals surface area contributed by atoms with E-state index in [9.17, 15) is 4.79 Å². The minimum atomic E-state index is 0.0122. The quantitative estimate of drug-likeness (QED) is 0.772. The van der Waals surface area contributed by atoms with Crippen LogP contribution in [0.3, 0.4) is 0 Å². The standard InChI is InChI=1S/C14H17Br2NO/c1-9-6-7-10(12(16)8-9)14(18)17-13-5-3-2-4-11(13)15/h6-8,11,13H,2-5H2,1H3,(H,17,18). The second kappa shape index (κ2) is 6.20. The summed E-state index contributed by atoms with van der Waals surface area (Å²) in [6.45, 7) is 2.02. The van der Waals surface area contributed by atoms with Gasteiger partial charge in [0.15, 0.2) is 0 Å². The lowest BCUT2D eigenvalue weighted by Crippen LogP contribution is -2.42. The van der Waals surface area contributed by atoms with Gasteiger partial charge in [0.1, 0.15) is 0 Å². The molecule has 1 aliphatic rings. The first kappa shape index (κ1) is 14.1. The summed E-state index contributed by atoms with van der Waals surface area (Å²) in [5.74, 6) is 0.0122. The van der Waals surface area contributed by atoms with Gasteiger partial charge in [0.05, 0.1) is 5.56 Å². The van der Waals surface area contributed by atoms with Crippen LogP contribution in [0, 0.1) is 6.92 Å². The molecule has 2 atom stereocenters. The van der Waals surface area contributed by atoms with Crippen LogP contribution in [0.15, 0.2) is 22.7 Å². The summed E-state index contributed by atoms with van der Waals surface area (Å²) in [5, 5.41) is 3.13. The Morgan fingerprint density at radius 1 is 1.33 bits per heavy atom. The lowest BCUT2D eigenvalue weighted by molar-refractivity contribution is 0.0929. The Morgan fingerprint density at radius 3 is 2.72 bits per heavy atom. The highest BCUT2D eigenvalue weighted by Gasteiger charge is 2.25. The average molecular weight is 375 g/mol. The van der Waals surface area contributed by atoms with Crippen molar-refractivity contribution in [2.45, 2.75) is 43.5 Å². The van der Waals surface area contributed by atoms with E-state index in [0.29, 0.717) is 10.4 Å². The summed E-state index contributed by atoms with van der Waals surface area (Å²) in [6.07, 6.45) is 4.64. The van der Waals surface area contributed by atoms with Gasteiger partial charge in [-0.2, -0.15) is 0 Å². The van der Waals surface area contributed by atoms with E-state index >= 15 is 0 Å². The Labute approximate surface area is 125 Å². The largest absolute Gasteiger partial charge is 0.348 e. The van der Waals surface area contributed by atoms with E-state index in [1.807, 2.05) is 25.1 Å². The van der Waals surface area contributed by atoms with Crippen LogP contribution in [0.1, 0.15) is 41.6 Å².